The molecule has 1 aliphatic heterocycles. The van der Waals surface area contributed by atoms with Gasteiger partial charge < -0.3 is 20.2 Å². The molecule has 2 fully saturated rings. The molecule has 9 heteroatoms. The lowest BCUT2D eigenvalue weighted by Crippen LogP contribution is -2.58. The number of carbonyl (C=O) groups is 2. The molecule has 0 bridgehead atoms. The van der Waals surface area contributed by atoms with E-state index in [1.807, 2.05) is 0 Å². The number of aliphatic hydroxyl groups excluding tert-OH is 1. The van der Waals surface area contributed by atoms with E-state index in [2.05, 4.69) is 5.32 Å². The van der Waals surface area contributed by atoms with Crippen LogP contribution in [0.2, 0.25) is 5.02 Å². The number of aliphatic hydroxyl groups is 1. The molecule has 1 heterocycles. The molecule has 2 aliphatic rings. The Kier molecular flexibility index (Phi) is 6.72. The normalized spacial score (nSPS) is 22.1. The fraction of sp³-hybridized carbons (Fsp3) is 0.579. The Morgan fingerprint density at radius 1 is 1.29 bits per heavy atom. The van der Waals surface area contributed by atoms with Crippen LogP contribution in [0.1, 0.15) is 31.2 Å². The average Bonchev–Trinajstić information content (AvgIpc) is 3.46. The number of rotatable bonds is 6. The standard InChI is InChI=1S/C19H24ClF2N3O3/c20-13-2-1-12(17(22)7-13)9-23-19(28)25(14-3-4-14)15-8-16(26)11-24(10-15)18(27)5-6-21/h1-2,7,14-16,26H,3-6,8-11H2,(H,23,28). The van der Waals surface area contributed by atoms with Crippen molar-refractivity contribution in [1.82, 2.24) is 15.1 Å². The number of nitrogens with zero attached hydrogens (tertiary/aromatic N) is 2. The molecule has 1 aromatic rings. The molecule has 28 heavy (non-hydrogen) atoms. The van der Waals surface area contributed by atoms with Crippen LogP contribution in [-0.4, -0.2) is 64.8 Å². The highest BCUT2D eigenvalue weighted by atomic mass is 35.5. The van der Waals surface area contributed by atoms with Gasteiger partial charge in [-0.05, 0) is 31.4 Å². The molecule has 2 atom stereocenters. The molecular formula is C19H24ClF2N3O3. The maximum Gasteiger partial charge on any atom is 0.318 e. The summed E-state index contributed by atoms with van der Waals surface area (Å²) in [5.74, 6) is -0.868. The summed E-state index contributed by atoms with van der Waals surface area (Å²) in [5, 5.41) is 13.2. The fourth-order valence-electron chi connectivity index (χ4n) is 3.60. The number of alkyl halides is 1. The van der Waals surface area contributed by atoms with Gasteiger partial charge in [0.25, 0.3) is 0 Å². The van der Waals surface area contributed by atoms with Crippen molar-refractivity contribution in [1.29, 1.82) is 0 Å². The van der Waals surface area contributed by atoms with E-state index in [0.29, 0.717) is 12.0 Å². The Bertz CT molecular complexity index is 732. The minimum absolute atomic E-state index is 0.00479. The Morgan fingerprint density at radius 2 is 2.04 bits per heavy atom. The number of piperidine rings is 1. The molecule has 154 valence electrons. The Labute approximate surface area is 167 Å². The molecule has 1 saturated carbocycles. The molecule has 2 N–H and O–H groups in total. The van der Waals surface area contributed by atoms with Crippen molar-refractivity contribution in [3.63, 3.8) is 0 Å². The van der Waals surface area contributed by atoms with Gasteiger partial charge in [-0.2, -0.15) is 0 Å². The van der Waals surface area contributed by atoms with Gasteiger partial charge in [-0.15, -0.1) is 0 Å². The first-order valence-corrected chi connectivity index (χ1v) is 9.78. The van der Waals surface area contributed by atoms with Crippen molar-refractivity contribution in [3.05, 3.63) is 34.6 Å². The van der Waals surface area contributed by atoms with E-state index < -0.39 is 18.6 Å². The Balaban J connectivity index is 1.66. The summed E-state index contributed by atoms with van der Waals surface area (Å²) < 4.78 is 26.4. The molecule has 1 aromatic carbocycles. The highest BCUT2D eigenvalue weighted by Gasteiger charge is 2.41. The van der Waals surface area contributed by atoms with E-state index in [1.54, 1.807) is 11.0 Å². The first-order chi connectivity index (χ1) is 13.4. The lowest BCUT2D eigenvalue weighted by Gasteiger charge is -2.41. The van der Waals surface area contributed by atoms with Crippen molar-refractivity contribution in [2.75, 3.05) is 19.8 Å². The maximum atomic E-state index is 13.9. The van der Waals surface area contributed by atoms with Crippen LogP contribution < -0.4 is 5.32 Å². The van der Waals surface area contributed by atoms with Crippen molar-refractivity contribution in [2.24, 2.45) is 0 Å². The molecular weight excluding hydrogens is 392 g/mol. The molecule has 6 nitrogen and oxygen atoms in total. The minimum atomic E-state index is -0.773. The molecule has 2 unspecified atom stereocenters. The molecule has 3 rings (SSSR count). The number of hydrogen-bond donors (Lipinski definition) is 2. The lowest BCUT2D eigenvalue weighted by atomic mass is 10.0. The van der Waals surface area contributed by atoms with Crippen LogP contribution in [0.4, 0.5) is 13.6 Å². The Hall–Kier alpha value is -1.93. The second-order valence-corrected chi connectivity index (χ2v) is 7.75. The van der Waals surface area contributed by atoms with Crippen LogP contribution in [0.3, 0.4) is 0 Å². The molecule has 3 amide bonds. The SMILES string of the molecule is O=C(CCF)N1CC(O)CC(N(C(=O)NCc2ccc(Cl)cc2F)C2CC2)C1. The quantitative estimate of drug-likeness (QED) is 0.749. The number of carbonyl (C=O) groups excluding carboxylic acids is 2. The molecule has 0 spiro atoms. The average molecular weight is 416 g/mol. The number of halogens is 3. The molecule has 1 saturated heterocycles. The molecule has 0 aromatic heterocycles. The van der Waals surface area contributed by atoms with Gasteiger partial charge in [-0.1, -0.05) is 17.7 Å². The number of amides is 3. The number of β-amino-alcohol motifs (C(OH)–C–C–N with tert-alkyl or cyclic N) is 1. The third-order valence-corrected chi connectivity index (χ3v) is 5.32. The predicted molar refractivity (Wildman–Crippen MR) is 100 cm³/mol. The lowest BCUT2D eigenvalue weighted by molar-refractivity contribution is -0.136. The number of likely N-dealkylation sites (tertiary alicyclic amines) is 1. The van der Waals surface area contributed by atoms with E-state index in [0.717, 1.165) is 12.8 Å². The topological polar surface area (TPSA) is 72.9 Å². The van der Waals surface area contributed by atoms with Crippen molar-refractivity contribution >= 4 is 23.5 Å². The monoisotopic (exact) mass is 415 g/mol. The third kappa shape index (κ3) is 5.11. The van der Waals surface area contributed by atoms with Crippen molar-refractivity contribution < 1.29 is 23.5 Å². The van der Waals surface area contributed by atoms with Crippen LogP contribution in [-0.2, 0) is 11.3 Å². The second kappa shape index (κ2) is 9.05. The van der Waals surface area contributed by atoms with E-state index in [9.17, 15) is 23.5 Å². The van der Waals surface area contributed by atoms with Crippen molar-refractivity contribution in [2.45, 2.75) is 50.4 Å². The summed E-state index contributed by atoms with van der Waals surface area (Å²) in [4.78, 5) is 27.9. The van der Waals surface area contributed by atoms with Gasteiger partial charge in [0.1, 0.15) is 5.82 Å². The largest absolute Gasteiger partial charge is 0.391 e. The summed E-state index contributed by atoms with van der Waals surface area (Å²) in [6, 6.07) is 3.55. The van der Waals surface area contributed by atoms with E-state index >= 15 is 0 Å². The van der Waals surface area contributed by atoms with Gasteiger partial charge in [-0.25, -0.2) is 9.18 Å². The minimum Gasteiger partial charge on any atom is -0.391 e. The van der Waals surface area contributed by atoms with E-state index in [1.165, 1.54) is 17.0 Å². The van der Waals surface area contributed by atoms with Crippen LogP contribution in [0.5, 0.6) is 0 Å². The highest BCUT2D eigenvalue weighted by Crippen LogP contribution is 2.32. The summed E-state index contributed by atoms with van der Waals surface area (Å²) in [6.45, 7) is -0.346. The van der Waals surface area contributed by atoms with Gasteiger partial charge in [0.05, 0.1) is 25.2 Å². The molecule has 1 aliphatic carbocycles. The van der Waals surface area contributed by atoms with Gasteiger partial charge >= 0.3 is 6.03 Å². The van der Waals surface area contributed by atoms with Crippen LogP contribution >= 0.6 is 11.6 Å². The van der Waals surface area contributed by atoms with Gasteiger partial charge in [-0.3, -0.25) is 9.18 Å². The van der Waals surface area contributed by atoms with Crippen molar-refractivity contribution in [3.8, 4) is 0 Å². The fourth-order valence-corrected chi connectivity index (χ4v) is 3.76. The zero-order valence-corrected chi connectivity index (χ0v) is 16.2. The third-order valence-electron chi connectivity index (χ3n) is 5.08. The van der Waals surface area contributed by atoms with Gasteiger partial charge in [0.2, 0.25) is 5.91 Å². The molecule has 0 radical (unpaired) electrons. The maximum absolute atomic E-state index is 13.9. The number of urea groups is 1. The van der Waals surface area contributed by atoms with Gasteiger partial charge in [0, 0.05) is 36.3 Å². The number of hydrogen-bond acceptors (Lipinski definition) is 3. The number of benzene rings is 1. The zero-order valence-electron chi connectivity index (χ0n) is 15.4. The first kappa shape index (κ1) is 20.8. The second-order valence-electron chi connectivity index (χ2n) is 7.31. The van der Waals surface area contributed by atoms with Crippen LogP contribution in [0, 0.1) is 5.82 Å². The number of nitrogens with one attached hydrogen (secondary N) is 1. The van der Waals surface area contributed by atoms with Crippen LogP contribution in [0.25, 0.3) is 0 Å². The highest BCUT2D eigenvalue weighted by molar-refractivity contribution is 6.30. The predicted octanol–water partition coefficient (Wildman–Crippen LogP) is 2.47. The van der Waals surface area contributed by atoms with Crippen LogP contribution in [0.15, 0.2) is 18.2 Å². The first-order valence-electron chi connectivity index (χ1n) is 9.41. The summed E-state index contributed by atoms with van der Waals surface area (Å²) in [6.07, 6.45) is 1.02. The van der Waals surface area contributed by atoms with E-state index in [-0.39, 0.29) is 55.1 Å². The Morgan fingerprint density at radius 3 is 2.68 bits per heavy atom. The smallest absolute Gasteiger partial charge is 0.318 e. The summed E-state index contributed by atoms with van der Waals surface area (Å²) >= 11 is 5.74. The zero-order chi connectivity index (χ0) is 20.3. The summed E-state index contributed by atoms with van der Waals surface area (Å²) in [5.41, 5.74) is 0.317. The van der Waals surface area contributed by atoms with Gasteiger partial charge in [0.15, 0.2) is 0 Å². The summed E-state index contributed by atoms with van der Waals surface area (Å²) in [7, 11) is 0. The van der Waals surface area contributed by atoms with E-state index in [4.69, 9.17) is 11.6 Å².